The molecule has 2 amide bonds. The van der Waals surface area contributed by atoms with Crippen molar-refractivity contribution in [3.63, 3.8) is 0 Å². The minimum absolute atomic E-state index is 0. The monoisotopic (exact) mass is 1330 g/mol. The van der Waals surface area contributed by atoms with Gasteiger partial charge in [-0.1, -0.05) is 19.6 Å². The predicted molar refractivity (Wildman–Crippen MR) is 131 cm³/mol. The fourth-order valence-electron chi connectivity index (χ4n) is 3.55. The molecule has 0 aromatic heterocycles. The van der Waals surface area contributed by atoms with Gasteiger partial charge in [-0.3, -0.25) is 9.59 Å². The number of nitrogens with one attached hydrogen (secondary N) is 2. The van der Waals surface area contributed by atoms with Crippen LogP contribution in [0.2, 0.25) is 0 Å². The molecule has 0 aromatic carbocycles. The van der Waals surface area contributed by atoms with E-state index in [-0.39, 0.29) is 153 Å². The number of alkyl halides is 6. The van der Waals surface area contributed by atoms with Crippen molar-refractivity contribution in [3.8, 4) is 0 Å². The number of rotatable bonds is 10. The number of hydrogen-bond donors (Lipinski definition) is 8. The molecule has 2 heterocycles. The number of amides is 2. The first-order valence-corrected chi connectivity index (χ1v) is 11.9. The van der Waals surface area contributed by atoms with Crippen LogP contribution in [0.4, 0.5) is 26.3 Å². The molecule has 2 fully saturated rings. The molecule has 0 aliphatic carbocycles. The number of aliphatic hydroxyl groups is 6. The van der Waals surface area contributed by atoms with Crippen molar-refractivity contribution < 1.29 is 218 Å². The number of carbonyl (C=O) groups is 2. The maximum atomic E-state index is 12.3. The summed E-state index contributed by atoms with van der Waals surface area (Å²) in [5, 5.41) is 59.8. The summed E-state index contributed by atoms with van der Waals surface area (Å²) in [4.78, 5) is 21.9. The third kappa shape index (κ3) is 17.0. The number of hydrogen-bond acceptors (Lipinski definition) is 12. The number of aliphatic hydroxyl groups excluding tert-OH is 6. The Morgan fingerprint density at radius 2 is 0.957 bits per heavy atom. The SMILES string of the molecule is C.C=CCO[C@H]1O[C@H](CO)[C@@H](O)[C@H](O)[C@H]1NC(=O)C(F)(F)F.C=CCO[C@H]1O[C@H](CO)[C@@H](O)[C@H](O)[C@H]1NC(=O)C(F)(F)F.[Ac].[Ac].[Ac]. The Labute approximate surface area is 367 Å². The normalized spacial score (nSPS) is 30.6. The fraction of sp³-hybridized carbons (Fsp3) is 0.739. The molecule has 261 valence electrons. The summed E-state index contributed by atoms with van der Waals surface area (Å²) in [6, 6.07) is -3.31. The third-order valence-electron chi connectivity index (χ3n) is 5.63. The molecule has 2 rings (SSSR count). The van der Waals surface area contributed by atoms with Crippen LogP contribution in [0, 0.1) is 132 Å². The molecule has 3 radical (unpaired) electrons. The minimum atomic E-state index is -5.17. The van der Waals surface area contributed by atoms with Crippen molar-refractivity contribution in [2.75, 3.05) is 26.4 Å². The molecule has 2 aliphatic rings. The topological polar surface area (TPSA) is 216 Å². The van der Waals surface area contributed by atoms with Crippen LogP contribution in [0.25, 0.3) is 0 Å². The summed E-state index contributed by atoms with van der Waals surface area (Å²) < 4.78 is 93.6. The first kappa shape index (κ1) is 54.7. The van der Waals surface area contributed by atoms with Crippen LogP contribution in [0.3, 0.4) is 0 Å². The molecule has 0 spiro atoms. The number of ether oxygens (including phenoxy) is 4. The molecule has 8 N–H and O–H groups in total. The Kier molecular flexibility index (Phi) is 30.7. The molecule has 0 aromatic rings. The van der Waals surface area contributed by atoms with E-state index >= 15 is 0 Å². The second kappa shape index (κ2) is 25.8. The van der Waals surface area contributed by atoms with Crippen molar-refractivity contribution in [2.45, 2.75) is 81.1 Å². The molecular formula is C23H36Ac3F6N2O12. The maximum Gasteiger partial charge on any atom is 0.471 e. The molecule has 10 atom stereocenters. The zero-order valence-corrected chi connectivity index (χ0v) is 37.5. The van der Waals surface area contributed by atoms with Crippen LogP contribution < -0.4 is 10.6 Å². The Bertz CT molecular complexity index is 842. The van der Waals surface area contributed by atoms with Gasteiger partial charge in [0.05, 0.1) is 26.4 Å². The van der Waals surface area contributed by atoms with Gasteiger partial charge in [0.15, 0.2) is 12.6 Å². The summed E-state index contributed by atoms with van der Waals surface area (Å²) in [6.07, 6.45) is -20.2. The Balaban J connectivity index is -0.000000353. The van der Waals surface area contributed by atoms with Crippen LogP contribution in [0.1, 0.15) is 7.43 Å². The van der Waals surface area contributed by atoms with Gasteiger partial charge in [0, 0.05) is 132 Å². The Morgan fingerprint density at radius 1 is 0.674 bits per heavy atom. The van der Waals surface area contributed by atoms with E-state index in [2.05, 4.69) is 13.2 Å². The van der Waals surface area contributed by atoms with Crippen LogP contribution >= 0.6 is 0 Å². The van der Waals surface area contributed by atoms with E-state index in [0.717, 1.165) is 0 Å². The average Bonchev–Trinajstić information content (AvgIpc) is 2.92. The van der Waals surface area contributed by atoms with E-state index in [1.807, 2.05) is 0 Å². The van der Waals surface area contributed by atoms with Crippen LogP contribution in [-0.4, -0.2) is 143 Å². The van der Waals surface area contributed by atoms with E-state index in [9.17, 15) is 56.4 Å². The van der Waals surface area contributed by atoms with E-state index in [0.29, 0.717) is 0 Å². The fourth-order valence-corrected chi connectivity index (χ4v) is 3.55. The molecule has 0 bridgehead atoms. The zero-order chi connectivity index (χ0) is 32.4. The summed E-state index contributed by atoms with van der Waals surface area (Å²) in [7, 11) is 0. The zero-order valence-electron chi connectivity index (χ0n) is 23.3. The molecule has 0 unspecified atom stereocenters. The van der Waals surface area contributed by atoms with Gasteiger partial charge < -0.3 is 60.2 Å². The van der Waals surface area contributed by atoms with Gasteiger partial charge in [-0.05, 0) is 0 Å². The molecule has 14 nitrogen and oxygen atoms in total. The quantitative estimate of drug-likeness (QED) is 0.0881. The molecular weight excluding hydrogens is 1290 g/mol. The summed E-state index contributed by atoms with van der Waals surface area (Å²) in [6.45, 7) is 5.02. The maximum absolute atomic E-state index is 12.3. The van der Waals surface area contributed by atoms with E-state index in [1.165, 1.54) is 22.8 Å². The molecule has 46 heavy (non-hydrogen) atoms. The van der Waals surface area contributed by atoms with E-state index < -0.39 is 98.7 Å². The van der Waals surface area contributed by atoms with Crippen LogP contribution in [0.5, 0.6) is 0 Å². The second-order valence-corrected chi connectivity index (χ2v) is 8.65. The molecule has 2 aliphatic heterocycles. The van der Waals surface area contributed by atoms with Gasteiger partial charge in [0.2, 0.25) is 0 Å². The molecule has 2 saturated heterocycles. The van der Waals surface area contributed by atoms with E-state index in [1.54, 1.807) is 0 Å². The van der Waals surface area contributed by atoms with Crippen molar-refractivity contribution in [1.29, 1.82) is 0 Å². The van der Waals surface area contributed by atoms with Gasteiger partial charge in [-0.2, -0.15) is 26.3 Å². The first-order chi connectivity index (χ1) is 19.4. The van der Waals surface area contributed by atoms with Crippen LogP contribution in [0.15, 0.2) is 25.3 Å². The largest absolute Gasteiger partial charge is 0.471 e. The Morgan fingerprint density at radius 3 is 1.17 bits per heavy atom. The molecule has 23 heteroatoms. The number of carbonyl (C=O) groups excluding carboxylic acids is 2. The van der Waals surface area contributed by atoms with Crippen molar-refractivity contribution in [3.05, 3.63) is 25.3 Å². The smallest absolute Gasteiger partial charge is 0.394 e. The summed E-state index contributed by atoms with van der Waals surface area (Å²) in [5.74, 6) is -4.62. The Hall–Kier alpha value is 1.92. The third-order valence-corrected chi connectivity index (χ3v) is 5.63. The predicted octanol–water partition coefficient (Wildman–Crippen LogP) is -2.01. The number of halogens is 6. The van der Waals surface area contributed by atoms with Gasteiger partial charge >= 0.3 is 24.2 Å². The first-order valence-electron chi connectivity index (χ1n) is 11.9. The standard InChI is InChI=1S/2C11H16F3NO6.CH4.3Ac/c2*1-2-3-20-9-6(15-10(19)11(12,13)14)8(18)7(17)5(4-16)21-9;;;;/h2*2,5-9,16-18H,1,3-4H2,(H,15,19);1H4;;;/t2*5-,6-,7-,8-,9+;;;;/m11..../s1. The summed E-state index contributed by atoms with van der Waals surface area (Å²) >= 11 is 0. The van der Waals surface area contributed by atoms with Gasteiger partial charge in [-0.25, -0.2) is 0 Å². The van der Waals surface area contributed by atoms with E-state index in [4.69, 9.17) is 29.2 Å². The average molecular weight is 1330 g/mol. The second-order valence-electron chi connectivity index (χ2n) is 8.65. The minimum Gasteiger partial charge on any atom is -0.394 e. The van der Waals surface area contributed by atoms with Crippen molar-refractivity contribution >= 4 is 11.8 Å². The van der Waals surface area contributed by atoms with Crippen molar-refractivity contribution in [1.82, 2.24) is 10.6 Å². The van der Waals surface area contributed by atoms with Gasteiger partial charge in [0.1, 0.15) is 48.7 Å². The van der Waals surface area contributed by atoms with Crippen LogP contribution in [-0.2, 0) is 28.5 Å². The summed E-state index contributed by atoms with van der Waals surface area (Å²) in [5.41, 5.74) is 0. The molecule has 0 saturated carbocycles. The van der Waals surface area contributed by atoms with Gasteiger partial charge in [0.25, 0.3) is 0 Å². The van der Waals surface area contributed by atoms with Gasteiger partial charge in [-0.15, -0.1) is 13.2 Å². The van der Waals surface area contributed by atoms with Crippen molar-refractivity contribution in [2.24, 2.45) is 0 Å².